The lowest BCUT2D eigenvalue weighted by Gasteiger charge is -2.16. The number of aliphatic imine (C=N–C) groups is 1. The quantitative estimate of drug-likeness (QED) is 0.137. The zero-order valence-electron chi connectivity index (χ0n) is 20.7. The second-order valence-corrected chi connectivity index (χ2v) is 9.72. The monoisotopic (exact) mass is 549 g/mol. The Morgan fingerprint density at radius 1 is 1.21 bits per heavy atom. The summed E-state index contributed by atoms with van der Waals surface area (Å²) in [7, 11) is 1.53. The number of allylic oxidation sites excluding steroid dienone is 1. The zero-order chi connectivity index (χ0) is 27.2. The first kappa shape index (κ1) is 27.0. The van der Waals surface area contributed by atoms with E-state index in [1.807, 2.05) is 25.1 Å². The van der Waals surface area contributed by atoms with Gasteiger partial charge < -0.3 is 14.8 Å². The van der Waals surface area contributed by atoms with Crippen molar-refractivity contribution in [2.75, 3.05) is 7.11 Å². The van der Waals surface area contributed by atoms with Gasteiger partial charge >= 0.3 is 0 Å². The molecule has 0 unspecified atom stereocenters. The number of ether oxygens (including phenoxy) is 2. The molecular formula is C28H24ClN3O5S. The van der Waals surface area contributed by atoms with E-state index in [-0.39, 0.29) is 18.2 Å². The van der Waals surface area contributed by atoms with Gasteiger partial charge in [0.15, 0.2) is 16.7 Å². The number of amidine groups is 1. The summed E-state index contributed by atoms with van der Waals surface area (Å²) in [5, 5.41) is 15.0. The topological polar surface area (TPSA) is 103 Å². The smallest absolute Gasteiger partial charge is 0.269 e. The van der Waals surface area contributed by atoms with E-state index in [1.165, 1.54) is 31.0 Å². The number of nitrogens with one attached hydrogen (secondary N) is 1. The Balaban J connectivity index is 1.61. The zero-order valence-corrected chi connectivity index (χ0v) is 22.3. The first-order valence-electron chi connectivity index (χ1n) is 11.5. The standard InChI is InChI=1S/C28H24ClN3O5S/c1-4-7-20-12-19(14-24(36-3)26(20)37-16-18-8-5-9-21(13-18)32(34)35)15-25-27(33)31-28(38-25)30-23-11-6-10-22(29)17(23)2/h4-6,8-15H,1,7,16H2,2-3H3,(H,30,31,33)/b25-15+. The predicted molar refractivity (Wildman–Crippen MR) is 151 cm³/mol. The van der Waals surface area contributed by atoms with Crippen molar-refractivity contribution in [1.82, 2.24) is 5.32 Å². The van der Waals surface area contributed by atoms with Gasteiger partial charge in [-0.2, -0.15) is 0 Å². The number of amides is 1. The first-order chi connectivity index (χ1) is 18.3. The van der Waals surface area contributed by atoms with Crippen molar-refractivity contribution in [2.45, 2.75) is 20.0 Å². The van der Waals surface area contributed by atoms with Crippen LogP contribution in [0.15, 0.2) is 77.1 Å². The molecule has 1 aliphatic rings. The van der Waals surface area contributed by atoms with Gasteiger partial charge in [0, 0.05) is 22.7 Å². The fourth-order valence-corrected chi connectivity index (χ4v) is 4.77. The molecule has 1 fully saturated rings. The van der Waals surface area contributed by atoms with E-state index in [0.29, 0.717) is 44.3 Å². The lowest BCUT2D eigenvalue weighted by atomic mass is 10.0. The molecule has 0 atom stereocenters. The molecule has 0 saturated carbocycles. The molecule has 1 amide bonds. The van der Waals surface area contributed by atoms with E-state index in [4.69, 9.17) is 21.1 Å². The molecule has 10 heteroatoms. The summed E-state index contributed by atoms with van der Waals surface area (Å²) in [6.07, 6.45) is 3.98. The third kappa shape index (κ3) is 6.24. The first-order valence-corrected chi connectivity index (χ1v) is 12.7. The highest BCUT2D eigenvalue weighted by molar-refractivity contribution is 8.18. The number of non-ortho nitro benzene ring substituents is 1. The molecule has 1 saturated heterocycles. The van der Waals surface area contributed by atoms with E-state index in [9.17, 15) is 14.9 Å². The van der Waals surface area contributed by atoms with Crippen LogP contribution in [-0.4, -0.2) is 23.1 Å². The Morgan fingerprint density at radius 2 is 2.00 bits per heavy atom. The minimum Gasteiger partial charge on any atom is -0.493 e. The van der Waals surface area contributed by atoms with Crippen molar-refractivity contribution in [3.63, 3.8) is 0 Å². The van der Waals surface area contributed by atoms with Crippen LogP contribution in [0, 0.1) is 17.0 Å². The fourth-order valence-electron chi connectivity index (χ4n) is 3.76. The lowest BCUT2D eigenvalue weighted by molar-refractivity contribution is -0.384. The Morgan fingerprint density at radius 3 is 2.74 bits per heavy atom. The van der Waals surface area contributed by atoms with Crippen LogP contribution >= 0.6 is 23.4 Å². The molecule has 0 spiro atoms. The van der Waals surface area contributed by atoms with E-state index in [1.54, 1.807) is 36.4 Å². The second kappa shape index (κ2) is 12.0. The van der Waals surface area contributed by atoms with Crippen LogP contribution in [0.5, 0.6) is 11.5 Å². The van der Waals surface area contributed by atoms with Crippen molar-refractivity contribution in [1.29, 1.82) is 0 Å². The molecule has 3 aromatic rings. The van der Waals surface area contributed by atoms with E-state index in [2.05, 4.69) is 16.9 Å². The molecule has 3 aromatic carbocycles. The number of nitro groups is 1. The highest BCUT2D eigenvalue weighted by Gasteiger charge is 2.25. The van der Waals surface area contributed by atoms with Crippen molar-refractivity contribution >= 4 is 51.9 Å². The number of benzene rings is 3. The predicted octanol–water partition coefficient (Wildman–Crippen LogP) is 6.76. The third-order valence-corrected chi connectivity index (χ3v) is 6.97. The van der Waals surface area contributed by atoms with E-state index >= 15 is 0 Å². The van der Waals surface area contributed by atoms with Crippen molar-refractivity contribution in [3.8, 4) is 11.5 Å². The van der Waals surface area contributed by atoms with Crippen LogP contribution in [0.1, 0.15) is 22.3 Å². The van der Waals surface area contributed by atoms with Crippen LogP contribution in [0.25, 0.3) is 6.08 Å². The van der Waals surface area contributed by atoms with Crippen LogP contribution in [0.2, 0.25) is 5.02 Å². The number of carbonyl (C=O) groups is 1. The van der Waals surface area contributed by atoms with Gasteiger partial charge in [0.25, 0.3) is 11.6 Å². The van der Waals surface area contributed by atoms with E-state index in [0.717, 1.165) is 16.7 Å². The average molecular weight is 550 g/mol. The van der Waals surface area contributed by atoms with Crippen molar-refractivity contribution in [3.05, 3.63) is 110 Å². The molecule has 38 heavy (non-hydrogen) atoms. The van der Waals surface area contributed by atoms with Crippen molar-refractivity contribution < 1.29 is 19.2 Å². The summed E-state index contributed by atoms with van der Waals surface area (Å²) < 4.78 is 11.7. The summed E-state index contributed by atoms with van der Waals surface area (Å²) >= 11 is 7.42. The summed E-state index contributed by atoms with van der Waals surface area (Å²) in [5.74, 6) is 0.709. The maximum Gasteiger partial charge on any atom is 0.269 e. The number of nitrogens with zero attached hydrogens (tertiary/aromatic N) is 2. The summed E-state index contributed by atoms with van der Waals surface area (Å²) in [6, 6.07) is 15.4. The summed E-state index contributed by atoms with van der Waals surface area (Å²) in [6.45, 7) is 5.82. The fraction of sp³-hybridized carbons (Fsp3) is 0.143. The second-order valence-electron chi connectivity index (χ2n) is 8.29. The number of methoxy groups -OCH3 is 1. The van der Waals surface area contributed by atoms with Gasteiger partial charge in [-0.1, -0.05) is 35.9 Å². The molecule has 0 aliphatic carbocycles. The van der Waals surface area contributed by atoms with Gasteiger partial charge in [-0.3, -0.25) is 14.9 Å². The van der Waals surface area contributed by atoms with Crippen LogP contribution in [0.3, 0.4) is 0 Å². The SMILES string of the molecule is C=CCc1cc(/C=C2/SC(=Nc3cccc(Cl)c3C)NC2=O)cc(OC)c1OCc1cccc([N+](=O)[O-])c1. The maximum absolute atomic E-state index is 12.7. The van der Waals surface area contributed by atoms with E-state index < -0.39 is 4.92 Å². The molecule has 4 rings (SSSR count). The lowest BCUT2D eigenvalue weighted by Crippen LogP contribution is -2.19. The number of hydrogen-bond donors (Lipinski definition) is 1. The number of carbonyl (C=O) groups excluding carboxylic acids is 1. The van der Waals surface area contributed by atoms with Crippen molar-refractivity contribution in [2.24, 2.45) is 4.99 Å². The normalized spacial score (nSPS) is 15.0. The number of halogens is 1. The molecule has 0 aromatic heterocycles. The molecular weight excluding hydrogens is 526 g/mol. The molecule has 1 N–H and O–H groups in total. The number of hydrogen-bond acceptors (Lipinski definition) is 7. The van der Waals surface area contributed by atoms with Crippen LogP contribution in [0.4, 0.5) is 11.4 Å². The molecule has 1 heterocycles. The van der Waals surface area contributed by atoms with Gasteiger partial charge in [0.1, 0.15) is 6.61 Å². The molecule has 194 valence electrons. The Hall–Kier alpha value is -4.08. The highest BCUT2D eigenvalue weighted by Crippen LogP contribution is 2.37. The van der Waals surface area contributed by atoms with Gasteiger partial charge in [-0.05, 0) is 72.1 Å². The van der Waals surface area contributed by atoms with Gasteiger partial charge in [0.2, 0.25) is 0 Å². The third-order valence-electron chi connectivity index (χ3n) is 5.65. The highest BCUT2D eigenvalue weighted by atomic mass is 35.5. The van der Waals surface area contributed by atoms with Gasteiger partial charge in [-0.15, -0.1) is 6.58 Å². The van der Waals surface area contributed by atoms with Gasteiger partial charge in [0.05, 0.1) is 22.6 Å². The number of thioether (sulfide) groups is 1. The van der Waals surface area contributed by atoms with Gasteiger partial charge in [-0.25, -0.2) is 4.99 Å². The number of rotatable bonds is 9. The summed E-state index contributed by atoms with van der Waals surface area (Å²) in [5.41, 5.74) is 3.68. The molecule has 0 radical (unpaired) electrons. The molecule has 8 nitrogen and oxygen atoms in total. The minimum absolute atomic E-state index is 0.00729. The molecule has 1 aliphatic heterocycles. The van der Waals surface area contributed by atoms with Crippen LogP contribution < -0.4 is 14.8 Å². The Kier molecular flexibility index (Phi) is 8.50. The Labute approximate surface area is 229 Å². The summed E-state index contributed by atoms with van der Waals surface area (Å²) in [4.78, 5) is 28.3. The maximum atomic E-state index is 12.7. The Bertz CT molecular complexity index is 1490. The average Bonchev–Trinajstić information content (AvgIpc) is 3.24. The van der Waals surface area contributed by atoms with Crippen LogP contribution in [-0.2, 0) is 17.8 Å². The molecule has 0 bridgehead atoms. The largest absolute Gasteiger partial charge is 0.493 e. The minimum atomic E-state index is -0.445. The number of nitro benzene ring substituents is 1.